The highest BCUT2D eigenvalue weighted by atomic mass is 32.3. The molecule has 1 aromatic rings. The first kappa shape index (κ1) is 17.8. The van der Waals surface area contributed by atoms with Gasteiger partial charge in [0.2, 0.25) is 0 Å². The molecule has 0 N–H and O–H groups in total. The van der Waals surface area contributed by atoms with Gasteiger partial charge in [-0.25, -0.2) is 16.8 Å². The van der Waals surface area contributed by atoms with E-state index in [9.17, 15) is 21.6 Å². The molecule has 1 unspecified atom stereocenters. The van der Waals surface area contributed by atoms with E-state index < -0.39 is 35.8 Å². The van der Waals surface area contributed by atoms with Crippen LogP contribution in [0.1, 0.15) is 37.0 Å². The minimum atomic E-state index is -4.04. The van der Waals surface area contributed by atoms with Gasteiger partial charge < -0.3 is 0 Å². The van der Waals surface area contributed by atoms with Gasteiger partial charge >= 0.3 is 0 Å². The van der Waals surface area contributed by atoms with Gasteiger partial charge in [-0.15, -0.1) is 0 Å². The highest BCUT2D eigenvalue weighted by Gasteiger charge is 2.35. The normalized spacial score (nSPS) is 13.8. The van der Waals surface area contributed by atoms with Crippen molar-refractivity contribution in [1.29, 1.82) is 0 Å². The van der Waals surface area contributed by atoms with Gasteiger partial charge in [0.05, 0.1) is 5.75 Å². The number of ketones is 1. The third-order valence-corrected chi connectivity index (χ3v) is 8.21. The summed E-state index contributed by atoms with van der Waals surface area (Å²) in [5.74, 6) is -0.743. The Bertz CT molecular complexity index is 675. The van der Waals surface area contributed by atoms with E-state index in [0.717, 1.165) is 0 Å². The van der Waals surface area contributed by atoms with E-state index in [4.69, 9.17) is 0 Å². The Morgan fingerprint density at radius 3 is 2.10 bits per heavy atom. The zero-order valence-electron chi connectivity index (χ0n) is 12.2. The SMILES string of the molecule is CCCS(=O)(=O)CS(=O)(=O)C(CC)C(=O)c1ccccc1. The van der Waals surface area contributed by atoms with Gasteiger partial charge in [0.1, 0.15) is 5.25 Å². The van der Waals surface area contributed by atoms with Crippen LogP contribution in [0.4, 0.5) is 0 Å². The number of hydrogen-bond donors (Lipinski definition) is 0. The molecule has 0 amide bonds. The maximum atomic E-state index is 12.3. The molecule has 7 heteroatoms. The molecule has 5 nitrogen and oxygen atoms in total. The highest BCUT2D eigenvalue weighted by molar-refractivity contribution is 8.08. The molecular formula is C14H20O5S2. The zero-order chi connectivity index (χ0) is 16.1. The fraction of sp³-hybridized carbons (Fsp3) is 0.500. The summed E-state index contributed by atoms with van der Waals surface area (Å²) < 4.78 is 48.0. The Hall–Kier alpha value is -1.21. The number of sulfone groups is 2. The fourth-order valence-electron chi connectivity index (χ4n) is 2.09. The second-order valence-corrected chi connectivity index (χ2v) is 9.59. The van der Waals surface area contributed by atoms with Crippen molar-refractivity contribution in [2.24, 2.45) is 0 Å². The van der Waals surface area contributed by atoms with Crippen LogP contribution in [0.3, 0.4) is 0 Å². The van der Waals surface area contributed by atoms with E-state index in [1.807, 2.05) is 0 Å². The number of hydrogen-bond acceptors (Lipinski definition) is 5. The Morgan fingerprint density at radius 1 is 1.05 bits per heavy atom. The Labute approximate surface area is 126 Å². The lowest BCUT2D eigenvalue weighted by Crippen LogP contribution is -2.34. The van der Waals surface area contributed by atoms with Crippen molar-refractivity contribution in [3.8, 4) is 0 Å². The van der Waals surface area contributed by atoms with Crippen LogP contribution in [-0.4, -0.2) is 38.7 Å². The molecule has 0 aliphatic heterocycles. The summed E-state index contributed by atoms with van der Waals surface area (Å²) >= 11 is 0. The minimum Gasteiger partial charge on any atom is -0.293 e. The van der Waals surface area contributed by atoms with Crippen molar-refractivity contribution in [2.45, 2.75) is 31.9 Å². The largest absolute Gasteiger partial charge is 0.293 e. The molecule has 1 rings (SSSR count). The summed E-state index contributed by atoms with van der Waals surface area (Å²) in [7, 11) is -7.74. The van der Waals surface area contributed by atoms with Crippen LogP contribution in [0.2, 0.25) is 0 Å². The molecule has 0 aliphatic rings. The highest BCUT2D eigenvalue weighted by Crippen LogP contribution is 2.16. The van der Waals surface area contributed by atoms with Gasteiger partial charge in [0.25, 0.3) is 0 Å². The maximum Gasteiger partial charge on any atom is 0.180 e. The average Bonchev–Trinajstić information content (AvgIpc) is 2.38. The third-order valence-electron chi connectivity index (χ3n) is 3.01. The van der Waals surface area contributed by atoms with Gasteiger partial charge in [-0.3, -0.25) is 4.79 Å². The van der Waals surface area contributed by atoms with Gasteiger partial charge in [0.15, 0.2) is 30.5 Å². The maximum absolute atomic E-state index is 12.3. The second kappa shape index (κ2) is 7.17. The average molecular weight is 332 g/mol. The van der Waals surface area contributed by atoms with Gasteiger partial charge in [-0.05, 0) is 12.8 Å². The van der Waals surface area contributed by atoms with Crippen LogP contribution in [0.25, 0.3) is 0 Å². The van der Waals surface area contributed by atoms with E-state index >= 15 is 0 Å². The number of carbonyl (C=O) groups excluding carboxylic acids is 1. The summed E-state index contributed by atoms with van der Waals surface area (Å²) in [6, 6.07) is 8.06. The first-order chi connectivity index (χ1) is 9.73. The first-order valence-electron chi connectivity index (χ1n) is 6.74. The van der Waals surface area contributed by atoms with E-state index in [1.165, 1.54) is 12.1 Å². The summed E-state index contributed by atoms with van der Waals surface area (Å²) in [4.78, 5) is 12.3. The third kappa shape index (κ3) is 4.93. The van der Waals surface area contributed by atoms with Gasteiger partial charge in [-0.2, -0.15) is 0 Å². The Morgan fingerprint density at radius 2 is 1.62 bits per heavy atom. The molecule has 0 spiro atoms. The van der Waals surface area contributed by atoms with Crippen molar-refractivity contribution in [3.63, 3.8) is 0 Å². The van der Waals surface area contributed by atoms with Gasteiger partial charge in [0, 0.05) is 5.56 Å². The molecule has 0 aliphatic carbocycles. The summed E-state index contributed by atoms with van der Waals surface area (Å²) in [6.07, 6.45) is 0.402. The van der Waals surface area contributed by atoms with E-state index in [0.29, 0.717) is 6.42 Å². The van der Waals surface area contributed by atoms with Crippen LogP contribution in [0.5, 0.6) is 0 Å². The van der Waals surface area contributed by atoms with Crippen LogP contribution in [-0.2, 0) is 19.7 Å². The Kier molecular flexibility index (Phi) is 6.10. The van der Waals surface area contributed by atoms with Crippen molar-refractivity contribution < 1.29 is 21.6 Å². The van der Waals surface area contributed by atoms with Crippen molar-refractivity contribution in [2.75, 3.05) is 10.8 Å². The smallest absolute Gasteiger partial charge is 0.180 e. The summed E-state index contributed by atoms with van der Waals surface area (Å²) in [5, 5.41) is -2.28. The minimum absolute atomic E-state index is 0.0533. The van der Waals surface area contributed by atoms with E-state index in [2.05, 4.69) is 0 Å². The topological polar surface area (TPSA) is 85.3 Å². The molecule has 118 valence electrons. The predicted molar refractivity (Wildman–Crippen MR) is 82.7 cm³/mol. The first-order valence-corrected chi connectivity index (χ1v) is 10.3. The van der Waals surface area contributed by atoms with Crippen LogP contribution in [0, 0.1) is 0 Å². The molecule has 0 radical (unpaired) electrons. The van der Waals surface area contributed by atoms with Gasteiger partial charge in [-0.1, -0.05) is 44.2 Å². The number of Topliss-reactive ketones (excluding diaryl/α,β-unsaturated/α-hetero) is 1. The molecule has 0 bridgehead atoms. The van der Waals surface area contributed by atoms with Crippen LogP contribution in [0.15, 0.2) is 30.3 Å². The lowest BCUT2D eigenvalue weighted by atomic mass is 10.1. The number of benzene rings is 1. The monoisotopic (exact) mass is 332 g/mol. The lowest BCUT2D eigenvalue weighted by molar-refractivity contribution is 0.0985. The number of carbonyl (C=O) groups is 1. The predicted octanol–water partition coefficient (Wildman–Crippen LogP) is 1.85. The zero-order valence-corrected chi connectivity index (χ0v) is 13.8. The molecule has 0 aromatic heterocycles. The molecular weight excluding hydrogens is 312 g/mol. The lowest BCUT2D eigenvalue weighted by Gasteiger charge is -2.15. The van der Waals surface area contributed by atoms with E-state index in [1.54, 1.807) is 32.0 Å². The molecule has 1 atom stereocenters. The van der Waals surface area contributed by atoms with Crippen molar-refractivity contribution in [3.05, 3.63) is 35.9 Å². The molecule has 21 heavy (non-hydrogen) atoms. The van der Waals surface area contributed by atoms with Crippen molar-refractivity contribution >= 4 is 25.5 Å². The summed E-state index contributed by atoms with van der Waals surface area (Å²) in [5.41, 5.74) is 0.279. The molecule has 1 aromatic carbocycles. The van der Waals surface area contributed by atoms with Crippen LogP contribution >= 0.6 is 0 Å². The summed E-state index contributed by atoms with van der Waals surface area (Å²) in [6.45, 7) is 3.23. The van der Waals surface area contributed by atoms with E-state index in [-0.39, 0.29) is 17.7 Å². The molecule has 0 fully saturated rings. The molecule has 0 saturated heterocycles. The fourth-order valence-corrected chi connectivity index (χ4v) is 6.82. The van der Waals surface area contributed by atoms with Crippen LogP contribution < -0.4 is 0 Å². The second-order valence-electron chi connectivity index (χ2n) is 4.86. The Balaban J connectivity index is 3.06. The standard InChI is InChI=1S/C14H20O5S2/c1-3-10-20(16,17)11-21(18,19)13(4-2)14(15)12-8-6-5-7-9-12/h5-9,13H,3-4,10-11H2,1-2H3. The van der Waals surface area contributed by atoms with Crippen molar-refractivity contribution in [1.82, 2.24) is 0 Å². The molecule has 0 heterocycles. The quantitative estimate of drug-likeness (QED) is 0.678. The number of rotatable bonds is 8. The molecule has 0 saturated carbocycles.